The molecule has 1 aliphatic rings. The van der Waals surface area contributed by atoms with Crippen LogP contribution in [0.4, 0.5) is 0 Å². The van der Waals surface area contributed by atoms with Gasteiger partial charge in [-0.05, 0) is 30.6 Å². The Labute approximate surface area is 111 Å². The number of hydrogen-bond acceptors (Lipinski definition) is 3. The molecular weight excluding hydrogens is 228 g/mol. The molecule has 0 bridgehead atoms. The maximum absolute atomic E-state index is 11.8. The summed E-state index contributed by atoms with van der Waals surface area (Å²) in [6.07, 6.45) is 1.89. The number of rotatable bonds is 3. The van der Waals surface area contributed by atoms with Crippen molar-refractivity contribution >= 4 is 5.97 Å². The molecule has 1 unspecified atom stereocenters. The van der Waals surface area contributed by atoms with Crippen molar-refractivity contribution in [2.45, 2.75) is 66.6 Å². The van der Waals surface area contributed by atoms with Gasteiger partial charge in [0.15, 0.2) is 0 Å². The van der Waals surface area contributed by atoms with Crippen LogP contribution in [0.1, 0.15) is 54.4 Å². The summed E-state index contributed by atoms with van der Waals surface area (Å²) in [4.78, 5) is 11.8. The van der Waals surface area contributed by atoms with E-state index in [1.54, 1.807) is 0 Å². The fraction of sp³-hybridized carbons (Fsp3) is 0.933. The van der Waals surface area contributed by atoms with E-state index >= 15 is 0 Å². The Hall–Kier alpha value is -0.570. The normalized spacial score (nSPS) is 29.1. The highest BCUT2D eigenvalue weighted by molar-refractivity contribution is 5.73. The summed E-state index contributed by atoms with van der Waals surface area (Å²) < 4.78 is 11.1. The zero-order valence-corrected chi connectivity index (χ0v) is 12.9. The number of esters is 1. The van der Waals surface area contributed by atoms with Gasteiger partial charge in [0.1, 0.15) is 0 Å². The van der Waals surface area contributed by atoms with Crippen LogP contribution in [0.15, 0.2) is 0 Å². The van der Waals surface area contributed by atoms with Crippen LogP contribution in [0, 0.1) is 16.7 Å². The third-order valence-electron chi connectivity index (χ3n) is 4.08. The molecule has 3 nitrogen and oxygen atoms in total. The van der Waals surface area contributed by atoms with E-state index in [1.165, 1.54) is 7.11 Å². The smallest absolute Gasteiger partial charge is 0.311 e. The van der Waals surface area contributed by atoms with E-state index in [2.05, 4.69) is 41.5 Å². The summed E-state index contributed by atoms with van der Waals surface area (Å²) >= 11 is 0. The topological polar surface area (TPSA) is 35.5 Å². The molecule has 1 rings (SSSR count). The molecule has 106 valence electrons. The first-order valence-electron chi connectivity index (χ1n) is 6.80. The first kappa shape index (κ1) is 15.5. The molecule has 18 heavy (non-hydrogen) atoms. The Morgan fingerprint density at radius 3 is 2.28 bits per heavy atom. The van der Waals surface area contributed by atoms with Gasteiger partial charge in [0.2, 0.25) is 0 Å². The molecule has 3 atom stereocenters. The molecular formula is C15H28O3. The van der Waals surface area contributed by atoms with Gasteiger partial charge in [0, 0.05) is 0 Å². The zero-order valence-electron chi connectivity index (χ0n) is 12.9. The second-order valence-electron chi connectivity index (χ2n) is 7.38. The number of carbonyl (C=O) groups is 1. The minimum Gasteiger partial charge on any atom is -0.469 e. The Morgan fingerprint density at radius 2 is 1.83 bits per heavy atom. The molecule has 0 aromatic heterocycles. The average molecular weight is 256 g/mol. The lowest BCUT2D eigenvalue weighted by atomic mass is 9.89. The minimum atomic E-state index is -0.133. The fourth-order valence-corrected chi connectivity index (χ4v) is 2.49. The second-order valence-corrected chi connectivity index (χ2v) is 7.38. The van der Waals surface area contributed by atoms with Gasteiger partial charge < -0.3 is 9.47 Å². The molecule has 3 heteroatoms. The third kappa shape index (κ3) is 3.71. The first-order valence-corrected chi connectivity index (χ1v) is 6.80. The number of hydrogen-bond donors (Lipinski definition) is 0. The van der Waals surface area contributed by atoms with Crippen molar-refractivity contribution in [1.29, 1.82) is 0 Å². The summed E-state index contributed by atoms with van der Waals surface area (Å²) in [5, 5.41) is 0. The summed E-state index contributed by atoms with van der Waals surface area (Å²) in [7, 11) is 1.46. The Kier molecular flexibility index (Phi) is 4.47. The van der Waals surface area contributed by atoms with Crippen LogP contribution in [0.25, 0.3) is 0 Å². The Balaban J connectivity index is 2.76. The Bertz CT molecular complexity index is 301. The number of ether oxygens (including phenoxy) is 2. The van der Waals surface area contributed by atoms with E-state index in [0.717, 1.165) is 12.8 Å². The van der Waals surface area contributed by atoms with Gasteiger partial charge in [-0.15, -0.1) is 0 Å². The van der Waals surface area contributed by atoms with Crippen molar-refractivity contribution in [3.8, 4) is 0 Å². The summed E-state index contributed by atoms with van der Waals surface area (Å²) in [5.41, 5.74) is 0.245. The summed E-state index contributed by atoms with van der Waals surface area (Å²) in [6.45, 7) is 12.9. The van der Waals surface area contributed by atoms with Crippen LogP contribution >= 0.6 is 0 Å². The lowest BCUT2D eigenvalue weighted by molar-refractivity contribution is -0.153. The van der Waals surface area contributed by atoms with Crippen LogP contribution in [0.3, 0.4) is 0 Å². The van der Waals surface area contributed by atoms with Crippen LogP contribution in [-0.4, -0.2) is 25.3 Å². The lowest BCUT2D eigenvalue weighted by Crippen LogP contribution is -2.35. The van der Waals surface area contributed by atoms with Crippen LogP contribution < -0.4 is 0 Å². The van der Waals surface area contributed by atoms with Gasteiger partial charge in [0.05, 0.1) is 25.2 Å². The van der Waals surface area contributed by atoms with E-state index in [-0.39, 0.29) is 34.9 Å². The van der Waals surface area contributed by atoms with E-state index in [1.807, 2.05) is 0 Å². The van der Waals surface area contributed by atoms with Crippen LogP contribution in [-0.2, 0) is 14.3 Å². The zero-order chi connectivity index (χ0) is 14.1. The fourth-order valence-electron chi connectivity index (χ4n) is 2.49. The van der Waals surface area contributed by atoms with Gasteiger partial charge >= 0.3 is 5.97 Å². The van der Waals surface area contributed by atoms with Crippen molar-refractivity contribution in [3.05, 3.63) is 0 Å². The van der Waals surface area contributed by atoms with E-state index in [0.29, 0.717) is 0 Å². The standard InChI is InChI=1S/C15H28O3/c1-10(14(2,3)4)18-12-9-15(5,6)8-11(12)13(16)17-7/h10-12H,8-9H2,1-7H3/t10?,11-,12-/m1/s1. The SMILES string of the molecule is COC(=O)[C@@H]1CC(C)(C)C[C@H]1OC(C)C(C)(C)C. The van der Waals surface area contributed by atoms with E-state index in [4.69, 9.17) is 9.47 Å². The van der Waals surface area contributed by atoms with Crippen LogP contribution in [0.5, 0.6) is 0 Å². The summed E-state index contributed by atoms with van der Waals surface area (Å²) in [5.74, 6) is -0.249. The minimum absolute atomic E-state index is 0.0123. The van der Waals surface area contributed by atoms with Crippen molar-refractivity contribution in [2.24, 2.45) is 16.7 Å². The largest absolute Gasteiger partial charge is 0.469 e. The predicted octanol–water partition coefficient (Wildman–Crippen LogP) is 3.42. The van der Waals surface area contributed by atoms with Crippen molar-refractivity contribution in [3.63, 3.8) is 0 Å². The van der Waals surface area contributed by atoms with Crippen molar-refractivity contribution in [1.82, 2.24) is 0 Å². The molecule has 0 N–H and O–H groups in total. The summed E-state index contributed by atoms with van der Waals surface area (Å²) in [6, 6.07) is 0. The number of carbonyl (C=O) groups excluding carboxylic acids is 1. The molecule has 0 radical (unpaired) electrons. The Morgan fingerprint density at radius 1 is 1.28 bits per heavy atom. The molecule has 0 aromatic rings. The first-order chi connectivity index (χ1) is 8.07. The van der Waals surface area contributed by atoms with E-state index < -0.39 is 0 Å². The third-order valence-corrected chi connectivity index (χ3v) is 4.08. The molecule has 0 aliphatic heterocycles. The van der Waals surface area contributed by atoms with Gasteiger partial charge in [-0.25, -0.2) is 0 Å². The highest BCUT2D eigenvalue weighted by Gasteiger charge is 2.45. The van der Waals surface area contributed by atoms with Crippen LogP contribution in [0.2, 0.25) is 0 Å². The molecule has 1 fully saturated rings. The molecule has 0 spiro atoms. The van der Waals surface area contributed by atoms with Gasteiger partial charge in [-0.3, -0.25) is 4.79 Å². The van der Waals surface area contributed by atoms with Gasteiger partial charge in [0.25, 0.3) is 0 Å². The van der Waals surface area contributed by atoms with E-state index in [9.17, 15) is 4.79 Å². The highest BCUT2D eigenvalue weighted by atomic mass is 16.5. The molecule has 1 saturated carbocycles. The second kappa shape index (κ2) is 5.20. The van der Waals surface area contributed by atoms with Crippen molar-refractivity contribution < 1.29 is 14.3 Å². The molecule has 0 amide bonds. The van der Waals surface area contributed by atoms with Gasteiger partial charge in [-0.1, -0.05) is 34.6 Å². The predicted molar refractivity (Wildman–Crippen MR) is 72.3 cm³/mol. The molecule has 0 heterocycles. The van der Waals surface area contributed by atoms with Gasteiger partial charge in [-0.2, -0.15) is 0 Å². The maximum atomic E-state index is 11.8. The molecule has 1 aliphatic carbocycles. The quantitative estimate of drug-likeness (QED) is 0.726. The maximum Gasteiger partial charge on any atom is 0.311 e. The monoisotopic (exact) mass is 256 g/mol. The van der Waals surface area contributed by atoms with Crippen molar-refractivity contribution in [2.75, 3.05) is 7.11 Å². The molecule has 0 saturated heterocycles. The highest BCUT2D eigenvalue weighted by Crippen LogP contribution is 2.44. The molecule has 0 aromatic carbocycles. The average Bonchev–Trinajstić information content (AvgIpc) is 2.51. The number of methoxy groups -OCH3 is 1. The lowest BCUT2D eigenvalue weighted by Gasteiger charge is -2.31.